The summed E-state index contributed by atoms with van der Waals surface area (Å²) in [5.41, 5.74) is 4.90. The van der Waals surface area contributed by atoms with Crippen LogP contribution in [0.25, 0.3) is 5.76 Å². The maximum Gasteiger partial charge on any atom is 0.300 e. The van der Waals surface area contributed by atoms with Crippen molar-refractivity contribution in [2.45, 2.75) is 46.1 Å². The number of ketones is 1. The number of hydrogen-bond acceptors (Lipinski definition) is 5. The van der Waals surface area contributed by atoms with Gasteiger partial charge in [-0.2, -0.15) is 0 Å². The maximum atomic E-state index is 13.6. The van der Waals surface area contributed by atoms with Crippen molar-refractivity contribution in [2.24, 2.45) is 0 Å². The Morgan fingerprint density at radius 1 is 0.949 bits per heavy atom. The number of benzene rings is 3. The van der Waals surface area contributed by atoms with E-state index >= 15 is 0 Å². The van der Waals surface area contributed by atoms with Crippen LogP contribution in [0.2, 0.25) is 0 Å². The zero-order chi connectivity index (χ0) is 28.6. The van der Waals surface area contributed by atoms with E-state index in [0.717, 1.165) is 16.8 Å². The molecule has 3 aromatic rings. The summed E-state index contributed by atoms with van der Waals surface area (Å²) in [6.45, 7) is 9.53. The number of aryl methyl sites for hydroxylation is 1. The molecule has 0 bridgehead atoms. The molecular weight excluding hydrogens is 490 g/mol. The number of nitrogens with one attached hydrogen (secondary N) is 1. The third-order valence-electron chi connectivity index (χ3n) is 6.99. The number of carbonyl (C=O) groups excluding carboxylic acids is 3. The molecule has 7 heteroatoms. The molecule has 1 aliphatic heterocycles. The lowest BCUT2D eigenvalue weighted by atomic mass is 9.84. The second-order valence-electron chi connectivity index (χ2n) is 11.2. The highest BCUT2D eigenvalue weighted by molar-refractivity contribution is 6.51. The number of rotatable bonds is 5. The van der Waals surface area contributed by atoms with Gasteiger partial charge in [-0.1, -0.05) is 45.0 Å². The summed E-state index contributed by atoms with van der Waals surface area (Å²) in [5.74, 6) is -1.89. The number of Topliss-reactive ketones (excluding diaryl/α,β-unsaturated/α-hetero) is 1. The van der Waals surface area contributed by atoms with Gasteiger partial charge in [0.15, 0.2) is 0 Å². The van der Waals surface area contributed by atoms with Crippen LogP contribution in [0, 0.1) is 6.92 Å². The Balaban J connectivity index is 1.92. The van der Waals surface area contributed by atoms with Crippen LogP contribution < -0.4 is 15.1 Å². The molecule has 202 valence electrons. The van der Waals surface area contributed by atoms with E-state index in [0.29, 0.717) is 22.5 Å². The molecule has 7 nitrogen and oxygen atoms in total. The molecule has 1 aliphatic rings. The summed E-state index contributed by atoms with van der Waals surface area (Å²) in [7, 11) is 3.87. The summed E-state index contributed by atoms with van der Waals surface area (Å²) >= 11 is 0. The van der Waals surface area contributed by atoms with Gasteiger partial charge < -0.3 is 15.3 Å². The van der Waals surface area contributed by atoms with Gasteiger partial charge in [-0.25, -0.2) is 0 Å². The van der Waals surface area contributed by atoms with Gasteiger partial charge in [0.25, 0.3) is 11.7 Å². The van der Waals surface area contributed by atoms with Crippen molar-refractivity contribution in [1.82, 2.24) is 0 Å². The van der Waals surface area contributed by atoms with Crippen molar-refractivity contribution < 1.29 is 19.5 Å². The number of nitrogens with zero attached hydrogens (tertiary/aromatic N) is 2. The standard InChI is InChI=1S/C32H35N3O4/c1-19-8-11-22(32(3,4)5)18-26(19)29(37)27-28(21-9-14-24(15-10-21)34(6)7)35(31(39)30(27)38)25-16-12-23(13-17-25)33-20(2)36/h8-18,28,37H,1-7H3,(H,33,36)/b29-27+. The fourth-order valence-corrected chi connectivity index (χ4v) is 4.77. The lowest BCUT2D eigenvalue weighted by Crippen LogP contribution is -2.29. The Bertz CT molecular complexity index is 1460. The van der Waals surface area contributed by atoms with Crippen LogP contribution in [0.1, 0.15) is 56.0 Å². The molecular formula is C32H35N3O4. The lowest BCUT2D eigenvalue weighted by molar-refractivity contribution is -0.132. The molecule has 2 amide bonds. The van der Waals surface area contributed by atoms with Crippen LogP contribution >= 0.6 is 0 Å². The minimum atomic E-state index is -0.842. The minimum absolute atomic E-state index is 0.0395. The van der Waals surface area contributed by atoms with Crippen LogP contribution in [0.4, 0.5) is 17.1 Å². The first-order valence-corrected chi connectivity index (χ1v) is 12.9. The van der Waals surface area contributed by atoms with Crippen LogP contribution in [-0.2, 0) is 19.8 Å². The number of carbonyl (C=O) groups is 3. The first-order valence-electron chi connectivity index (χ1n) is 12.9. The van der Waals surface area contributed by atoms with Gasteiger partial charge in [-0.15, -0.1) is 0 Å². The van der Waals surface area contributed by atoms with Crippen molar-refractivity contribution in [3.63, 3.8) is 0 Å². The quantitative estimate of drug-likeness (QED) is 0.244. The molecule has 1 fully saturated rings. The Morgan fingerprint density at radius 2 is 1.56 bits per heavy atom. The van der Waals surface area contributed by atoms with E-state index in [9.17, 15) is 19.5 Å². The van der Waals surface area contributed by atoms with E-state index in [2.05, 4.69) is 26.1 Å². The molecule has 1 heterocycles. The zero-order valence-electron chi connectivity index (χ0n) is 23.5. The van der Waals surface area contributed by atoms with E-state index in [-0.39, 0.29) is 22.7 Å². The molecule has 1 atom stereocenters. The van der Waals surface area contributed by atoms with Crippen LogP contribution in [0.5, 0.6) is 0 Å². The highest BCUT2D eigenvalue weighted by Gasteiger charge is 2.47. The third kappa shape index (κ3) is 5.43. The summed E-state index contributed by atoms with van der Waals surface area (Å²) in [5, 5.41) is 14.4. The number of hydrogen-bond donors (Lipinski definition) is 2. The third-order valence-corrected chi connectivity index (χ3v) is 6.99. The second kappa shape index (κ2) is 10.4. The lowest BCUT2D eigenvalue weighted by Gasteiger charge is -2.26. The van der Waals surface area contributed by atoms with Gasteiger partial charge >= 0.3 is 0 Å². The van der Waals surface area contributed by atoms with Crippen molar-refractivity contribution in [3.8, 4) is 0 Å². The first-order chi connectivity index (χ1) is 18.3. The number of amides is 2. The monoisotopic (exact) mass is 525 g/mol. The maximum absolute atomic E-state index is 13.6. The highest BCUT2D eigenvalue weighted by Crippen LogP contribution is 2.43. The first kappa shape index (κ1) is 27.6. The molecule has 1 unspecified atom stereocenters. The summed E-state index contributed by atoms with van der Waals surface area (Å²) < 4.78 is 0. The largest absolute Gasteiger partial charge is 0.507 e. The Kier molecular flexibility index (Phi) is 7.37. The molecule has 1 saturated heterocycles. The molecule has 0 saturated carbocycles. The van der Waals surface area contributed by atoms with Crippen molar-refractivity contribution in [1.29, 1.82) is 0 Å². The summed E-state index contributed by atoms with van der Waals surface area (Å²) in [4.78, 5) is 42.0. The van der Waals surface area contributed by atoms with E-state index in [1.54, 1.807) is 24.3 Å². The van der Waals surface area contributed by atoms with E-state index < -0.39 is 17.7 Å². The SMILES string of the molecule is CC(=O)Nc1ccc(N2C(=O)C(=O)/C(=C(/O)c3cc(C(C)(C)C)ccc3C)C2c2ccc(N(C)C)cc2)cc1. The van der Waals surface area contributed by atoms with Gasteiger partial charge in [0.05, 0.1) is 11.6 Å². The number of aliphatic hydroxyl groups excluding tert-OH is 1. The van der Waals surface area contributed by atoms with E-state index in [4.69, 9.17) is 0 Å². The van der Waals surface area contributed by atoms with Crippen LogP contribution in [-0.4, -0.2) is 36.8 Å². The topological polar surface area (TPSA) is 90.0 Å². The van der Waals surface area contributed by atoms with Crippen molar-refractivity contribution in [2.75, 3.05) is 29.2 Å². The predicted molar refractivity (Wildman–Crippen MR) is 156 cm³/mol. The molecule has 39 heavy (non-hydrogen) atoms. The van der Waals surface area contributed by atoms with Crippen molar-refractivity contribution in [3.05, 3.63) is 94.6 Å². The summed E-state index contributed by atoms with van der Waals surface area (Å²) in [6.07, 6.45) is 0. The normalized spacial score (nSPS) is 16.9. The van der Waals surface area contributed by atoms with Crippen LogP contribution in [0.15, 0.2) is 72.3 Å². The molecule has 0 radical (unpaired) electrons. The van der Waals surface area contributed by atoms with E-state index in [1.165, 1.54) is 11.8 Å². The number of aliphatic hydroxyl groups is 1. The predicted octanol–water partition coefficient (Wildman–Crippen LogP) is 5.94. The van der Waals surface area contributed by atoms with Crippen molar-refractivity contribution >= 4 is 40.4 Å². The Morgan fingerprint density at radius 3 is 2.10 bits per heavy atom. The Labute approximate surface area is 229 Å². The minimum Gasteiger partial charge on any atom is -0.507 e. The van der Waals surface area contributed by atoms with Gasteiger partial charge in [0.2, 0.25) is 5.91 Å². The molecule has 3 aromatic carbocycles. The van der Waals surface area contributed by atoms with Gasteiger partial charge in [0.1, 0.15) is 5.76 Å². The molecule has 4 rings (SSSR count). The average molecular weight is 526 g/mol. The van der Waals surface area contributed by atoms with E-state index in [1.807, 2.05) is 68.4 Å². The van der Waals surface area contributed by atoms with Gasteiger partial charge in [-0.3, -0.25) is 19.3 Å². The summed E-state index contributed by atoms with van der Waals surface area (Å²) in [6, 6.07) is 19.3. The molecule has 0 spiro atoms. The highest BCUT2D eigenvalue weighted by atomic mass is 16.3. The second-order valence-corrected chi connectivity index (χ2v) is 11.2. The molecule has 2 N–H and O–H groups in total. The fraction of sp³-hybridized carbons (Fsp3) is 0.281. The number of anilines is 3. The zero-order valence-corrected chi connectivity index (χ0v) is 23.5. The fourth-order valence-electron chi connectivity index (χ4n) is 4.77. The van der Waals surface area contributed by atoms with Gasteiger partial charge in [0, 0.05) is 43.6 Å². The van der Waals surface area contributed by atoms with Gasteiger partial charge in [-0.05, 0) is 71.5 Å². The smallest absolute Gasteiger partial charge is 0.300 e. The van der Waals surface area contributed by atoms with Crippen LogP contribution in [0.3, 0.4) is 0 Å². The Hall–Kier alpha value is -4.39. The molecule has 0 aliphatic carbocycles. The molecule has 0 aromatic heterocycles. The average Bonchev–Trinajstić information content (AvgIpc) is 3.13.